The molecule has 0 fully saturated rings. The van der Waals surface area contributed by atoms with E-state index in [2.05, 4.69) is 0 Å². The van der Waals surface area contributed by atoms with Crippen molar-refractivity contribution in [2.24, 2.45) is 0 Å². The second-order valence-electron chi connectivity index (χ2n) is 7.81. The monoisotopic (exact) mass is 441 g/mol. The predicted molar refractivity (Wildman–Crippen MR) is 122 cm³/mol. The van der Waals surface area contributed by atoms with Gasteiger partial charge in [0.2, 0.25) is 0 Å². The molecule has 0 aromatic heterocycles. The number of benzene rings is 3. The Bertz CT molecular complexity index is 1170. The molecule has 1 atom stereocenters. The number of hydrogen-bond donors (Lipinski definition) is 0. The van der Waals surface area contributed by atoms with Gasteiger partial charge in [0, 0.05) is 12.0 Å². The summed E-state index contributed by atoms with van der Waals surface area (Å²) >= 11 is 0. The molecule has 166 valence electrons. The van der Waals surface area contributed by atoms with Crippen molar-refractivity contribution in [1.82, 2.24) is 4.90 Å². The highest BCUT2D eigenvalue weighted by atomic mass is 16.5. The molecule has 33 heavy (non-hydrogen) atoms. The van der Waals surface area contributed by atoms with Gasteiger partial charge in [-0.3, -0.25) is 19.3 Å². The Balaban J connectivity index is 1.54. The summed E-state index contributed by atoms with van der Waals surface area (Å²) in [6.07, 6.45) is 0.940. The number of ether oxygens (including phenoxy) is 1. The second kappa shape index (κ2) is 9.61. The third-order valence-electron chi connectivity index (χ3n) is 5.71. The molecule has 0 saturated heterocycles. The summed E-state index contributed by atoms with van der Waals surface area (Å²) in [4.78, 5) is 52.6. The van der Waals surface area contributed by atoms with Gasteiger partial charge in [-0.1, -0.05) is 73.7 Å². The number of nitrogens with zero attached hydrogens (tertiary/aromatic N) is 1. The summed E-state index contributed by atoms with van der Waals surface area (Å²) in [5.41, 5.74) is 2.79. The van der Waals surface area contributed by atoms with E-state index in [1.54, 1.807) is 48.5 Å². The first-order valence-corrected chi connectivity index (χ1v) is 10.8. The first kappa shape index (κ1) is 22.1. The molecular formula is C27H23NO5. The first-order chi connectivity index (χ1) is 16.0. The van der Waals surface area contributed by atoms with Gasteiger partial charge in [0.15, 0.2) is 12.4 Å². The van der Waals surface area contributed by atoms with Gasteiger partial charge in [-0.15, -0.1) is 0 Å². The minimum Gasteiger partial charge on any atom is -0.456 e. The third kappa shape index (κ3) is 4.60. The fourth-order valence-electron chi connectivity index (χ4n) is 3.85. The molecule has 6 nitrogen and oxygen atoms in total. The van der Waals surface area contributed by atoms with E-state index < -0.39 is 30.4 Å². The smallest absolute Gasteiger partial charge is 0.330 e. The van der Waals surface area contributed by atoms with Crippen molar-refractivity contribution < 1.29 is 23.9 Å². The number of imide groups is 1. The molecule has 0 N–H and O–H groups in total. The number of fused-ring (bicyclic) bond motifs is 1. The predicted octanol–water partition coefficient (Wildman–Crippen LogP) is 3.88. The van der Waals surface area contributed by atoms with E-state index in [9.17, 15) is 19.2 Å². The molecule has 1 unspecified atom stereocenters. The quantitative estimate of drug-likeness (QED) is 0.301. The number of Topliss-reactive ketones (excluding diaryl/α,β-unsaturated/α-hetero) is 1. The number of hydrogen-bond acceptors (Lipinski definition) is 5. The van der Waals surface area contributed by atoms with Crippen LogP contribution >= 0.6 is 0 Å². The number of aryl methyl sites for hydroxylation is 1. The largest absolute Gasteiger partial charge is 0.456 e. The highest BCUT2D eigenvalue weighted by Crippen LogP contribution is 2.26. The number of carbonyl (C=O) groups is 4. The lowest BCUT2D eigenvalue weighted by atomic mass is 10.0. The molecule has 0 bridgehead atoms. The second-order valence-corrected chi connectivity index (χ2v) is 7.81. The molecule has 6 heteroatoms. The van der Waals surface area contributed by atoms with Crippen molar-refractivity contribution in [1.29, 1.82) is 0 Å². The van der Waals surface area contributed by atoms with Gasteiger partial charge in [0.1, 0.15) is 6.04 Å². The summed E-state index contributed by atoms with van der Waals surface area (Å²) in [6.45, 7) is 1.55. The Hall–Kier alpha value is -4.06. The number of carbonyl (C=O) groups excluding carboxylic acids is 4. The molecule has 0 spiro atoms. The van der Waals surface area contributed by atoms with Crippen LogP contribution in [-0.4, -0.2) is 41.1 Å². The highest BCUT2D eigenvalue weighted by Gasteiger charge is 2.43. The van der Waals surface area contributed by atoms with Gasteiger partial charge in [-0.25, -0.2) is 4.79 Å². The maximum atomic E-state index is 13.1. The van der Waals surface area contributed by atoms with Gasteiger partial charge in [0.05, 0.1) is 11.1 Å². The average Bonchev–Trinajstić information content (AvgIpc) is 3.11. The summed E-state index contributed by atoms with van der Waals surface area (Å²) in [6, 6.07) is 21.4. The molecule has 0 radical (unpaired) electrons. The van der Waals surface area contributed by atoms with Crippen molar-refractivity contribution in [3.05, 3.63) is 107 Å². The van der Waals surface area contributed by atoms with Crippen LogP contribution in [0.25, 0.3) is 0 Å². The van der Waals surface area contributed by atoms with Crippen molar-refractivity contribution in [2.75, 3.05) is 6.61 Å². The van der Waals surface area contributed by atoms with Crippen molar-refractivity contribution in [3.8, 4) is 0 Å². The molecule has 3 aromatic rings. The zero-order chi connectivity index (χ0) is 23.4. The van der Waals surface area contributed by atoms with E-state index in [4.69, 9.17) is 4.74 Å². The SMILES string of the molecule is CCc1ccc(C(=O)COC(=O)C(Cc2ccccc2)N2C(=O)c3ccccc3C2=O)cc1. The van der Waals surface area contributed by atoms with Crippen LogP contribution in [0.2, 0.25) is 0 Å². The molecule has 2 amide bonds. The lowest BCUT2D eigenvalue weighted by Gasteiger charge is -2.24. The van der Waals surface area contributed by atoms with Gasteiger partial charge in [0.25, 0.3) is 11.8 Å². The zero-order valence-corrected chi connectivity index (χ0v) is 18.2. The maximum absolute atomic E-state index is 13.1. The van der Waals surface area contributed by atoms with E-state index >= 15 is 0 Å². The molecule has 1 heterocycles. The van der Waals surface area contributed by atoms with Gasteiger partial charge in [-0.05, 0) is 29.7 Å². The lowest BCUT2D eigenvalue weighted by molar-refractivity contribution is -0.147. The van der Waals surface area contributed by atoms with E-state index in [0.717, 1.165) is 22.4 Å². The fourth-order valence-corrected chi connectivity index (χ4v) is 3.85. The third-order valence-corrected chi connectivity index (χ3v) is 5.71. The van der Waals surface area contributed by atoms with E-state index in [1.165, 1.54) is 0 Å². The van der Waals surface area contributed by atoms with Crippen molar-refractivity contribution in [3.63, 3.8) is 0 Å². The van der Waals surface area contributed by atoms with Crippen LogP contribution in [-0.2, 0) is 22.4 Å². The molecular weight excluding hydrogens is 418 g/mol. The van der Waals surface area contributed by atoms with E-state index in [-0.39, 0.29) is 23.3 Å². The summed E-state index contributed by atoms with van der Waals surface area (Å²) in [7, 11) is 0. The van der Waals surface area contributed by atoms with Crippen LogP contribution in [0.3, 0.4) is 0 Å². The minimum absolute atomic E-state index is 0.0878. The lowest BCUT2D eigenvalue weighted by Crippen LogP contribution is -2.47. The summed E-state index contributed by atoms with van der Waals surface area (Å²) in [5, 5.41) is 0. The van der Waals surface area contributed by atoms with Crippen molar-refractivity contribution >= 4 is 23.6 Å². The van der Waals surface area contributed by atoms with Gasteiger partial charge in [-0.2, -0.15) is 0 Å². The number of esters is 1. The van der Waals surface area contributed by atoms with Crippen molar-refractivity contribution in [2.45, 2.75) is 25.8 Å². The average molecular weight is 441 g/mol. The van der Waals surface area contributed by atoms with Crippen LogP contribution in [0.4, 0.5) is 0 Å². The topological polar surface area (TPSA) is 80.8 Å². The van der Waals surface area contributed by atoms with Crippen LogP contribution in [0, 0.1) is 0 Å². The Morgan fingerprint density at radius 1 is 0.788 bits per heavy atom. The Morgan fingerprint density at radius 2 is 1.36 bits per heavy atom. The Kier molecular flexibility index (Phi) is 6.45. The molecule has 1 aliphatic heterocycles. The molecule has 3 aromatic carbocycles. The van der Waals surface area contributed by atoms with E-state index in [1.807, 2.05) is 37.3 Å². The van der Waals surface area contributed by atoms with Gasteiger partial charge < -0.3 is 4.74 Å². The highest BCUT2D eigenvalue weighted by molar-refractivity contribution is 6.22. The molecule has 4 rings (SSSR count). The van der Waals surface area contributed by atoms with Crippen LogP contribution < -0.4 is 0 Å². The molecule has 1 aliphatic rings. The normalized spacial score (nSPS) is 13.5. The number of amides is 2. The number of rotatable bonds is 8. The van der Waals surface area contributed by atoms with E-state index in [0.29, 0.717) is 5.56 Å². The summed E-state index contributed by atoms with van der Waals surface area (Å²) < 4.78 is 5.32. The zero-order valence-electron chi connectivity index (χ0n) is 18.2. The Labute approximate surface area is 191 Å². The van der Waals surface area contributed by atoms with Crippen LogP contribution in [0.1, 0.15) is 49.1 Å². The standard InChI is InChI=1S/C27H23NO5/c1-2-18-12-14-20(15-13-18)24(29)17-33-27(32)23(16-19-8-4-3-5-9-19)28-25(30)21-10-6-7-11-22(21)26(28)31/h3-15,23H,2,16-17H2,1H3. The maximum Gasteiger partial charge on any atom is 0.330 e. The number of ketones is 1. The van der Waals surface area contributed by atoms with Crippen LogP contribution in [0.5, 0.6) is 0 Å². The minimum atomic E-state index is -1.19. The summed E-state index contributed by atoms with van der Waals surface area (Å²) in [5.74, 6) is -2.25. The Morgan fingerprint density at radius 3 is 1.94 bits per heavy atom. The van der Waals surface area contributed by atoms with Crippen LogP contribution in [0.15, 0.2) is 78.9 Å². The van der Waals surface area contributed by atoms with Gasteiger partial charge >= 0.3 is 5.97 Å². The fraction of sp³-hybridized carbons (Fsp3) is 0.185. The first-order valence-electron chi connectivity index (χ1n) is 10.8. The molecule has 0 saturated carbocycles. The molecule has 0 aliphatic carbocycles.